The van der Waals surface area contributed by atoms with Crippen LogP contribution in [0.1, 0.15) is 36.7 Å². The first kappa shape index (κ1) is 15.5. The Balaban J connectivity index is 2.28. The summed E-state index contributed by atoms with van der Waals surface area (Å²) in [7, 11) is 0. The molecule has 1 heterocycles. The molecule has 5 heteroatoms. The lowest BCUT2D eigenvalue weighted by Gasteiger charge is -2.19. The van der Waals surface area contributed by atoms with E-state index in [2.05, 4.69) is 47.0 Å². The van der Waals surface area contributed by atoms with E-state index in [1.165, 1.54) is 11.6 Å². The van der Waals surface area contributed by atoms with Gasteiger partial charge in [0.2, 0.25) is 0 Å². The molecule has 110 valence electrons. The highest BCUT2D eigenvalue weighted by Gasteiger charge is 2.14. The van der Waals surface area contributed by atoms with Gasteiger partial charge in [0.05, 0.1) is 0 Å². The third-order valence-corrected chi connectivity index (χ3v) is 3.53. The van der Waals surface area contributed by atoms with Crippen LogP contribution in [0.3, 0.4) is 0 Å². The van der Waals surface area contributed by atoms with Crippen LogP contribution < -0.4 is 5.32 Å². The number of aromatic nitrogens is 1. The number of rotatable bonds is 3. The van der Waals surface area contributed by atoms with E-state index in [0.717, 1.165) is 5.69 Å². The predicted molar refractivity (Wildman–Crippen MR) is 87.3 cm³/mol. The van der Waals surface area contributed by atoms with Crippen molar-refractivity contribution in [3.63, 3.8) is 0 Å². The highest BCUT2D eigenvalue weighted by molar-refractivity contribution is 9.10. The molecule has 1 aromatic carbocycles. The average Bonchev–Trinajstić information content (AvgIpc) is 2.40. The van der Waals surface area contributed by atoms with Crippen LogP contribution in [0.2, 0.25) is 0 Å². The molecule has 0 aliphatic carbocycles. The van der Waals surface area contributed by atoms with Crippen molar-refractivity contribution in [3.8, 4) is 0 Å². The van der Waals surface area contributed by atoms with E-state index in [0.29, 0.717) is 10.3 Å². The minimum atomic E-state index is -1.02. The number of hydrogen-bond acceptors (Lipinski definition) is 3. The Labute approximate surface area is 132 Å². The number of halogens is 1. The molecule has 2 N–H and O–H groups in total. The summed E-state index contributed by atoms with van der Waals surface area (Å²) in [4.78, 5) is 15.4. The number of aromatic carboxylic acids is 1. The maximum Gasteiger partial charge on any atom is 0.339 e. The van der Waals surface area contributed by atoms with Crippen molar-refractivity contribution in [2.75, 3.05) is 5.32 Å². The summed E-state index contributed by atoms with van der Waals surface area (Å²) in [6.45, 7) is 6.44. The summed E-state index contributed by atoms with van der Waals surface area (Å²) in [5.74, 6) is -0.688. The molecule has 0 radical (unpaired) electrons. The van der Waals surface area contributed by atoms with Crippen LogP contribution in [0.5, 0.6) is 0 Å². The topological polar surface area (TPSA) is 62.2 Å². The van der Waals surface area contributed by atoms with E-state index >= 15 is 0 Å². The van der Waals surface area contributed by atoms with Crippen molar-refractivity contribution in [2.24, 2.45) is 0 Å². The van der Waals surface area contributed by atoms with Crippen molar-refractivity contribution in [1.82, 2.24) is 4.98 Å². The zero-order chi connectivity index (χ0) is 15.6. The smallest absolute Gasteiger partial charge is 0.339 e. The number of nitrogens with one attached hydrogen (secondary N) is 1. The van der Waals surface area contributed by atoms with Crippen LogP contribution in [-0.2, 0) is 5.41 Å². The number of nitrogens with zero attached hydrogens (tertiary/aromatic N) is 1. The molecule has 0 atom stereocenters. The first-order chi connectivity index (χ1) is 9.77. The molecule has 0 spiro atoms. The van der Waals surface area contributed by atoms with Gasteiger partial charge in [-0.3, -0.25) is 0 Å². The van der Waals surface area contributed by atoms with Crippen LogP contribution in [0.15, 0.2) is 41.0 Å². The van der Waals surface area contributed by atoms with Gasteiger partial charge in [-0.25, -0.2) is 9.78 Å². The quantitative estimate of drug-likeness (QED) is 0.851. The van der Waals surface area contributed by atoms with Crippen molar-refractivity contribution in [3.05, 3.63) is 52.1 Å². The second kappa shape index (κ2) is 5.85. The van der Waals surface area contributed by atoms with E-state index in [4.69, 9.17) is 0 Å². The summed E-state index contributed by atoms with van der Waals surface area (Å²) in [5.41, 5.74) is 2.24. The SMILES string of the molecule is CC(C)(C)c1ccc(Nc2ncc(Br)cc2C(=O)O)cc1. The number of hydrogen-bond donors (Lipinski definition) is 2. The first-order valence-corrected chi connectivity index (χ1v) is 7.33. The first-order valence-electron chi connectivity index (χ1n) is 6.54. The van der Waals surface area contributed by atoms with Crippen molar-refractivity contribution in [1.29, 1.82) is 0 Å². The second-order valence-electron chi connectivity index (χ2n) is 5.81. The molecule has 0 fully saturated rings. The maximum absolute atomic E-state index is 11.2. The lowest BCUT2D eigenvalue weighted by Crippen LogP contribution is -2.10. The van der Waals surface area contributed by atoms with E-state index in [1.54, 1.807) is 6.20 Å². The Bertz CT molecular complexity index is 661. The fraction of sp³-hybridized carbons (Fsp3) is 0.250. The molecular formula is C16H17BrN2O2. The van der Waals surface area contributed by atoms with Crippen molar-refractivity contribution >= 4 is 33.4 Å². The van der Waals surface area contributed by atoms with Gasteiger partial charge in [-0.05, 0) is 45.1 Å². The normalized spacial score (nSPS) is 11.2. The number of carbonyl (C=O) groups is 1. The summed E-state index contributed by atoms with van der Waals surface area (Å²) >= 11 is 3.23. The van der Waals surface area contributed by atoms with E-state index in [-0.39, 0.29) is 11.0 Å². The van der Waals surface area contributed by atoms with Crippen LogP contribution >= 0.6 is 15.9 Å². The molecule has 4 nitrogen and oxygen atoms in total. The number of carboxylic acids is 1. The van der Waals surface area contributed by atoms with Crippen LogP contribution in [0.4, 0.5) is 11.5 Å². The summed E-state index contributed by atoms with van der Waals surface area (Å²) < 4.78 is 0.633. The largest absolute Gasteiger partial charge is 0.478 e. The zero-order valence-electron chi connectivity index (χ0n) is 12.1. The lowest BCUT2D eigenvalue weighted by molar-refractivity contribution is 0.0697. The van der Waals surface area contributed by atoms with E-state index in [9.17, 15) is 9.90 Å². The molecule has 2 rings (SSSR count). The minimum absolute atomic E-state index is 0.0839. The Morgan fingerprint density at radius 3 is 2.38 bits per heavy atom. The van der Waals surface area contributed by atoms with Crippen molar-refractivity contribution < 1.29 is 9.90 Å². The standard InChI is InChI=1S/C16H17BrN2O2/c1-16(2,3)10-4-6-12(7-5-10)19-14-13(15(20)21)8-11(17)9-18-14/h4-9H,1-3H3,(H,18,19)(H,20,21). The molecule has 0 unspecified atom stereocenters. The second-order valence-corrected chi connectivity index (χ2v) is 6.72. The monoisotopic (exact) mass is 348 g/mol. The van der Waals surface area contributed by atoms with Crippen LogP contribution in [0.25, 0.3) is 0 Å². The van der Waals surface area contributed by atoms with Gasteiger partial charge >= 0.3 is 5.97 Å². The predicted octanol–water partition coefficient (Wildman–Crippen LogP) is 4.58. The molecule has 0 amide bonds. The molecular weight excluding hydrogens is 332 g/mol. The van der Waals surface area contributed by atoms with Gasteiger partial charge in [0.25, 0.3) is 0 Å². The zero-order valence-corrected chi connectivity index (χ0v) is 13.7. The van der Waals surface area contributed by atoms with Crippen molar-refractivity contribution in [2.45, 2.75) is 26.2 Å². The molecule has 0 aliphatic heterocycles. The summed E-state index contributed by atoms with van der Waals surface area (Å²) in [6.07, 6.45) is 1.57. The fourth-order valence-corrected chi connectivity index (χ4v) is 2.22. The van der Waals surface area contributed by atoms with E-state index in [1.807, 2.05) is 24.3 Å². The highest BCUT2D eigenvalue weighted by Crippen LogP contribution is 2.26. The molecule has 21 heavy (non-hydrogen) atoms. The highest BCUT2D eigenvalue weighted by atomic mass is 79.9. The molecule has 0 aliphatic rings. The molecule has 0 saturated carbocycles. The van der Waals surface area contributed by atoms with Gasteiger partial charge in [0.15, 0.2) is 0 Å². The van der Waals surface area contributed by atoms with Gasteiger partial charge in [-0.1, -0.05) is 32.9 Å². The molecule has 2 aromatic rings. The Morgan fingerprint density at radius 2 is 1.86 bits per heavy atom. The molecule has 0 saturated heterocycles. The lowest BCUT2D eigenvalue weighted by atomic mass is 9.87. The Hall–Kier alpha value is -1.88. The number of pyridine rings is 1. The van der Waals surface area contributed by atoms with Gasteiger partial charge in [0, 0.05) is 16.4 Å². The Morgan fingerprint density at radius 1 is 1.24 bits per heavy atom. The van der Waals surface area contributed by atoms with Gasteiger partial charge < -0.3 is 10.4 Å². The van der Waals surface area contributed by atoms with Gasteiger partial charge in [-0.2, -0.15) is 0 Å². The maximum atomic E-state index is 11.2. The number of anilines is 2. The molecule has 0 bridgehead atoms. The van der Waals surface area contributed by atoms with Crippen LogP contribution in [-0.4, -0.2) is 16.1 Å². The number of benzene rings is 1. The van der Waals surface area contributed by atoms with E-state index < -0.39 is 5.97 Å². The Kier molecular flexibility index (Phi) is 4.32. The van der Waals surface area contributed by atoms with Gasteiger partial charge in [-0.15, -0.1) is 0 Å². The van der Waals surface area contributed by atoms with Crippen LogP contribution in [0, 0.1) is 0 Å². The fourth-order valence-electron chi connectivity index (χ4n) is 1.89. The summed E-state index contributed by atoms with van der Waals surface area (Å²) in [6, 6.07) is 9.44. The third kappa shape index (κ3) is 3.82. The minimum Gasteiger partial charge on any atom is -0.478 e. The number of carboxylic acid groups (broad SMARTS) is 1. The van der Waals surface area contributed by atoms with Gasteiger partial charge in [0.1, 0.15) is 11.4 Å². The summed E-state index contributed by atoms with van der Waals surface area (Å²) in [5, 5.41) is 12.3. The average molecular weight is 349 g/mol. The third-order valence-electron chi connectivity index (χ3n) is 3.10. The molecule has 1 aromatic heterocycles.